The summed E-state index contributed by atoms with van der Waals surface area (Å²) >= 11 is 14.2. The highest BCUT2D eigenvalue weighted by Gasteiger charge is 2.33. The average molecular weight is 404 g/mol. The van der Waals surface area contributed by atoms with Crippen LogP contribution in [0.5, 0.6) is 0 Å². The summed E-state index contributed by atoms with van der Waals surface area (Å²) in [6.07, 6.45) is 1.75. The molecular weight excluding hydrogens is 394 g/mol. The van der Waals surface area contributed by atoms with E-state index in [0.717, 1.165) is 15.8 Å². The van der Waals surface area contributed by atoms with E-state index in [1.807, 2.05) is 42.5 Å². The van der Waals surface area contributed by atoms with Crippen LogP contribution in [0.1, 0.15) is 5.56 Å². The molecule has 1 fully saturated rings. The van der Waals surface area contributed by atoms with E-state index in [2.05, 4.69) is 10.4 Å². The normalized spacial score (nSPS) is 16.2. The molecule has 0 saturated carbocycles. The molecule has 25 heavy (non-hydrogen) atoms. The number of benzene rings is 2. The summed E-state index contributed by atoms with van der Waals surface area (Å²) in [7, 11) is 0. The number of carbonyl (C=O) groups excluding carboxylic acids is 1. The number of halogens is 1. The molecule has 0 radical (unpaired) electrons. The summed E-state index contributed by atoms with van der Waals surface area (Å²) in [6.45, 7) is 0. The van der Waals surface area contributed by atoms with Gasteiger partial charge in [-0.1, -0.05) is 65.0 Å². The minimum atomic E-state index is -0.214. The number of carbonyl (C=O) groups is 1. The first-order valence-corrected chi connectivity index (χ1v) is 9.68. The number of nitrogens with zero attached hydrogens (tertiary/aromatic N) is 2. The van der Waals surface area contributed by atoms with Gasteiger partial charge in [0.05, 0.1) is 15.1 Å². The van der Waals surface area contributed by atoms with Crippen LogP contribution in [0.15, 0.2) is 53.4 Å². The molecule has 0 spiro atoms. The van der Waals surface area contributed by atoms with Gasteiger partial charge in [0.2, 0.25) is 5.13 Å². The Labute approximate surface area is 162 Å². The molecule has 1 aromatic heterocycles. The molecular formula is C17H10ClN3OS3. The summed E-state index contributed by atoms with van der Waals surface area (Å²) < 4.78 is 1.48. The van der Waals surface area contributed by atoms with Crippen LogP contribution < -0.4 is 5.43 Å². The van der Waals surface area contributed by atoms with E-state index >= 15 is 0 Å². The highest BCUT2D eigenvalue weighted by atomic mass is 35.5. The lowest BCUT2D eigenvalue weighted by Crippen LogP contribution is -2.33. The van der Waals surface area contributed by atoms with Crippen molar-refractivity contribution in [3.05, 3.63) is 64.0 Å². The molecule has 2 aromatic carbocycles. The third kappa shape index (κ3) is 3.28. The van der Waals surface area contributed by atoms with Crippen molar-refractivity contribution < 1.29 is 4.79 Å². The van der Waals surface area contributed by atoms with Crippen molar-refractivity contribution in [1.29, 1.82) is 0 Å². The van der Waals surface area contributed by atoms with Crippen molar-refractivity contribution in [3.63, 3.8) is 0 Å². The molecule has 1 saturated heterocycles. The first-order chi connectivity index (χ1) is 12.1. The fourth-order valence-corrected chi connectivity index (χ4v) is 4.53. The van der Waals surface area contributed by atoms with Gasteiger partial charge in [-0.25, -0.2) is 4.98 Å². The minimum absolute atomic E-state index is 0.214. The Morgan fingerprint density at radius 2 is 1.92 bits per heavy atom. The molecule has 4 nitrogen and oxygen atoms in total. The molecule has 4 rings (SSSR count). The first-order valence-electron chi connectivity index (χ1n) is 7.26. The Hall–Kier alpha value is -1.93. The average Bonchev–Trinajstić information content (AvgIpc) is 3.13. The van der Waals surface area contributed by atoms with Crippen molar-refractivity contribution in [2.75, 3.05) is 5.43 Å². The summed E-state index contributed by atoms with van der Waals surface area (Å²) in [5, 5.41) is 2.56. The Morgan fingerprint density at radius 1 is 1.16 bits per heavy atom. The van der Waals surface area contributed by atoms with Gasteiger partial charge in [0.25, 0.3) is 5.91 Å². The number of fused-ring (bicyclic) bond motifs is 1. The lowest BCUT2D eigenvalue weighted by molar-refractivity contribution is -0.121. The van der Waals surface area contributed by atoms with E-state index in [0.29, 0.717) is 19.4 Å². The maximum atomic E-state index is 12.7. The predicted octanol–water partition coefficient (Wildman–Crippen LogP) is 5.18. The van der Waals surface area contributed by atoms with Crippen LogP contribution in [-0.2, 0) is 4.79 Å². The zero-order valence-electron chi connectivity index (χ0n) is 12.6. The van der Waals surface area contributed by atoms with E-state index < -0.39 is 0 Å². The van der Waals surface area contributed by atoms with Crippen LogP contribution >= 0.6 is 46.9 Å². The van der Waals surface area contributed by atoms with Crippen LogP contribution in [0, 0.1) is 0 Å². The maximum absolute atomic E-state index is 12.7. The number of hydrazine groups is 1. The van der Waals surface area contributed by atoms with Gasteiger partial charge in [0.15, 0.2) is 4.32 Å². The fraction of sp³-hybridized carbons (Fsp3) is 0. The van der Waals surface area contributed by atoms with Crippen LogP contribution in [0.2, 0.25) is 5.02 Å². The van der Waals surface area contributed by atoms with Gasteiger partial charge in [-0.2, -0.15) is 5.01 Å². The first kappa shape index (κ1) is 16.5. The van der Waals surface area contributed by atoms with Gasteiger partial charge in [-0.3, -0.25) is 10.2 Å². The number of nitrogens with one attached hydrogen (secondary N) is 1. The quantitative estimate of drug-likeness (QED) is 0.482. The summed E-state index contributed by atoms with van der Waals surface area (Å²) in [5.41, 5.74) is 4.68. The molecule has 1 amide bonds. The molecule has 3 aromatic rings. The van der Waals surface area contributed by atoms with E-state index in [1.54, 1.807) is 12.1 Å². The fourth-order valence-electron chi connectivity index (χ4n) is 2.31. The zero-order chi connectivity index (χ0) is 17.4. The number of hydrogen-bond acceptors (Lipinski definition) is 6. The van der Waals surface area contributed by atoms with Gasteiger partial charge in [0.1, 0.15) is 0 Å². The highest BCUT2D eigenvalue weighted by Crippen LogP contribution is 2.35. The third-order valence-corrected chi connectivity index (χ3v) is 6.07. The van der Waals surface area contributed by atoms with E-state index in [1.165, 1.54) is 28.1 Å². The highest BCUT2D eigenvalue weighted by molar-refractivity contribution is 8.26. The number of rotatable bonds is 3. The second-order valence-electron chi connectivity index (χ2n) is 5.14. The maximum Gasteiger partial charge on any atom is 0.285 e. The summed E-state index contributed by atoms with van der Waals surface area (Å²) in [5.74, 6) is -0.214. The Balaban J connectivity index is 1.60. The third-order valence-electron chi connectivity index (χ3n) is 3.49. The van der Waals surface area contributed by atoms with Crippen molar-refractivity contribution >= 4 is 78.6 Å². The lowest BCUT2D eigenvalue weighted by atomic mass is 10.2. The molecule has 0 unspecified atom stereocenters. The summed E-state index contributed by atoms with van der Waals surface area (Å²) in [6, 6.07) is 15.2. The van der Waals surface area contributed by atoms with Gasteiger partial charge >= 0.3 is 0 Å². The van der Waals surface area contributed by atoms with E-state index in [-0.39, 0.29) is 5.91 Å². The topological polar surface area (TPSA) is 45.2 Å². The largest absolute Gasteiger partial charge is 0.285 e. The number of hydrogen-bond donors (Lipinski definition) is 1. The van der Waals surface area contributed by atoms with Crippen molar-refractivity contribution in [3.8, 4) is 0 Å². The Bertz CT molecular complexity index is 998. The number of para-hydroxylation sites is 1. The van der Waals surface area contributed by atoms with E-state index in [9.17, 15) is 4.79 Å². The van der Waals surface area contributed by atoms with E-state index in [4.69, 9.17) is 23.8 Å². The number of thiazole rings is 1. The molecule has 0 bridgehead atoms. The van der Waals surface area contributed by atoms with Gasteiger partial charge in [-0.15, -0.1) is 0 Å². The Morgan fingerprint density at radius 3 is 2.72 bits per heavy atom. The molecule has 8 heteroatoms. The molecule has 1 aliphatic rings. The van der Waals surface area contributed by atoms with Crippen LogP contribution in [-0.4, -0.2) is 20.2 Å². The second-order valence-corrected chi connectivity index (χ2v) is 8.25. The summed E-state index contributed by atoms with van der Waals surface area (Å²) in [4.78, 5) is 17.7. The van der Waals surface area contributed by atoms with Crippen molar-refractivity contribution in [2.45, 2.75) is 0 Å². The number of thiocarbonyl (C=S) groups is 1. The van der Waals surface area contributed by atoms with Gasteiger partial charge in [-0.05, 0) is 42.1 Å². The number of thioether (sulfide) groups is 1. The number of amides is 1. The lowest BCUT2D eigenvalue weighted by Gasteiger charge is -2.14. The predicted molar refractivity (Wildman–Crippen MR) is 110 cm³/mol. The monoisotopic (exact) mass is 403 g/mol. The van der Waals surface area contributed by atoms with Gasteiger partial charge < -0.3 is 0 Å². The SMILES string of the molecule is O=C1/C(=C/c2ccccc2Cl)SC(=S)N1Nc1nc2ccccc2s1. The molecule has 0 aliphatic carbocycles. The molecule has 1 aliphatic heterocycles. The second kappa shape index (κ2) is 6.76. The molecule has 2 heterocycles. The standard InChI is InChI=1S/C17H10ClN3OS3/c18-11-6-2-1-5-10(11)9-14-15(22)21(17(23)25-14)20-16-19-12-7-3-4-8-13(12)24-16/h1-9H,(H,19,20)/b14-9-. The Kier molecular flexibility index (Phi) is 4.47. The number of aromatic nitrogens is 1. The molecule has 0 atom stereocenters. The van der Waals surface area contributed by atoms with Crippen LogP contribution in [0.3, 0.4) is 0 Å². The minimum Gasteiger partial charge on any atom is -0.266 e. The smallest absolute Gasteiger partial charge is 0.266 e. The molecule has 1 N–H and O–H groups in total. The van der Waals surface area contributed by atoms with Crippen molar-refractivity contribution in [1.82, 2.24) is 9.99 Å². The number of anilines is 1. The molecule has 124 valence electrons. The van der Waals surface area contributed by atoms with Crippen LogP contribution in [0.4, 0.5) is 5.13 Å². The van der Waals surface area contributed by atoms with Crippen LogP contribution in [0.25, 0.3) is 16.3 Å². The van der Waals surface area contributed by atoms with Gasteiger partial charge in [0, 0.05) is 5.02 Å². The zero-order valence-corrected chi connectivity index (χ0v) is 15.8. The van der Waals surface area contributed by atoms with Crippen molar-refractivity contribution in [2.24, 2.45) is 0 Å².